The predicted molar refractivity (Wildman–Crippen MR) is 143 cm³/mol. The summed E-state index contributed by atoms with van der Waals surface area (Å²) < 4.78 is 42.4. The first-order valence-corrected chi connectivity index (χ1v) is 12.9. The number of aromatic amines is 1. The molecule has 4 aromatic heterocycles. The van der Waals surface area contributed by atoms with Crippen LogP contribution in [0.4, 0.5) is 13.2 Å². The third-order valence-corrected chi connectivity index (χ3v) is 6.69. The molecule has 5 aromatic rings. The van der Waals surface area contributed by atoms with Gasteiger partial charge in [0, 0.05) is 22.5 Å². The summed E-state index contributed by atoms with van der Waals surface area (Å²) in [5, 5.41) is 25.5. The van der Waals surface area contributed by atoms with Gasteiger partial charge in [-0.05, 0) is 50.2 Å². The van der Waals surface area contributed by atoms with Crippen LogP contribution in [0.1, 0.15) is 33.3 Å². The minimum atomic E-state index is -4.95. The molecule has 0 radical (unpaired) electrons. The number of alkyl halides is 3. The molecule has 0 unspecified atom stereocenters. The topological polar surface area (TPSA) is 149 Å². The molecule has 4 heterocycles. The number of aryl methyl sites for hydroxylation is 2. The smallest absolute Gasteiger partial charge is 0.382 e. The van der Waals surface area contributed by atoms with E-state index in [-0.39, 0.29) is 30.4 Å². The summed E-state index contributed by atoms with van der Waals surface area (Å²) in [5.41, 5.74) is 2.00. The Balaban J connectivity index is 1.44. The normalized spacial score (nSPS) is 12.5. The number of carbonyl (C=O) groups is 1. The Bertz CT molecular complexity index is 1790. The van der Waals surface area contributed by atoms with E-state index in [1.807, 2.05) is 0 Å². The van der Waals surface area contributed by atoms with Crippen LogP contribution in [-0.2, 0) is 19.5 Å². The fraction of sp³-hybridized carbons (Fsp3) is 0.269. The van der Waals surface area contributed by atoms with Crippen LogP contribution in [0.3, 0.4) is 0 Å². The van der Waals surface area contributed by atoms with Gasteiger partial charge in [0.15, 0.2) is 23.5 Å². The van der Waals surface area contributed by atoms with Crippen molar-refractivity contribution in [2.24, 2.45) is 0 Å². The molecule has 2 N–H and O–H groups in total. The summed E-state index contributed by atoms with van der Waals surface area (Å²) >= 11 is 5.93. The van der Waals surface area contributed by atoms with Crippen LogP contribution in [0, 0.1) is 13.8 Å². The molecule has 0 aliphatic rings. The average molecular weight is 602 g/mol. The van der Waals surface area contributed by atoms with Crippen molar-refractivity contribution < 1.29 is 23.1 Å². The molecule has 0 saturated heterocycles. The Labute approximate surface area is 240 Å². The quantitative estimate of drug-likeness (QED) is 0.245. The van der Waals surface area contributed by atoms with Crippen LogP contribution in [0.15, 0.2) is 53.7 Å². The molecule has 0 fully saturated rings. The Morgan fingerprint density at radius 2 is 1.86 bits per heavy atom. The van der Waals surface area contributed by atoms with Crippen LogP contribution >= 0.6 is 11.6 Å². The molecule has 12 nitrogen and oxygen atoms in total. The highest BCUT2D eigenvalue weighted by Crippen LogP contribution is 2.24. The van der Waals surface area contributed by atoms with Gasteiger partial charge < -0.3 is 5.11 Å². The predicted octanol–water partition coefficient (Wildman–Crippen LogP) is 3.08. The van der Waals surface area contributed by atoms with E-state index in [2.05, 4.69) is 30.4 Å². The molecule has 0 saturated carbocycles. The van der Waals surface area contributed by atoms with Crippen LogP contribution in [-0.4, -0.2) is 67.5 Å². The molecule has 0 aliphatic carbocycles. The van der Waals surface area contributed by atoms with Gasteiger partial charge in [-0.25, -0.2) is 19.1 Å². The summed E-state index contributed by atoms with van der Waals surface area (Å²) in [6, 6.07) is 9.35. The SMILES string of the molecule is Cc1n[nH]c(C)c1C(=O)Cc1ncccc1-n1cnc(Cn2nc(-c3ccc(Cl)cc3)n(C[C@H](O)C(F)(F)F)c2=O)n1. The summed E-state index contributed by atoms with van der Waals surface area (Å²) in [4.78, 5) is 34.7. The number of H-pyrrole nitrogens is 1. The van der Waals surface area contributed by atoms with Gasteiger partial charge in [0.25, 0.3) is 0 Å². The van der Waals surface area contributed by atoms with Crippen molar-refractivity contribution in [2.45, 2.75) is 45.6 Å². The van der Waals surface area contributed by atoms with Gasteiger partial charge in [0.1, 0.15) is 12.9 Å². The third kappa shape index (κ3) is 5.87. The van der Waals surface area contributed by atoms with Crippen molar-refractivity contribution in [1.82, 2.24) is 44.3 Å². The first-order valence-electron chi connectivity index (χ1n) is 12.5. The maximum absolute atomic E-state index is 13.2. The molecule has 0 aliphatic heterocycles. The number of Topliss-reactive ketones (excluding diaryl/α,β-unsaturated/α-hetero) is 1. The molecular weight excluding hydrogens is 579 g/mol. The summed E-state index contributed by atoms with van der Waals surface area (Å²) in [7, 11) is 0. The number of halogens is 4. The minimum Gasteiger partial charge on any atom is -0.382 e. The highest BCUT2D eigenvalue weighted by molar-refractivity contribution is 6.30. The molecule has 0 spiro atoms. The molecular formula is C26H23ClF3N9O3. The number of nitrogens with zero attached hydrogens (tertiary/aromatic N) is 8. The van der Waals surface area contributed by atoms with E-state index < -0.39 is 24.5 Å². The Morgan fingerprint density at radius 3 is 2.52 bits per heavy atom. The Hall–Kier alpha value is -4.63. The van der Waals surface area contributed by atoms with Crippen molar-refractivity contribution in [3.8, 4) is 17.1 Å². The van der Waals surface area contributed by atoms with E-state index >= 15 is 0 Å². The second kappa shape index (κ2) is 11.3. The largest absolute Gasteiger partial charge is 0.416 e. The number of aromatic nitrogens is 9. The van der Waals surface area contributed by atoms with E-state index in [1.165, 1.54) is 35.3 Å². The van der Waals surface area contributed by atoms with Gasteiger partial charge in [-0.1, -0.05) is 11.6 Å². The lowest BCUT2D eigenvalue weighted by atomic mass is 10.0. The second-order valence-corrected chi connectivity index (χ2v) is 9.86. The number of aliphatic hydroxyl groups excluding tert-OH is 1. The molecule has 0 bridgehead atoms. The maximum atomic E-state index is 13.2. The Morgan fingerprint density at radius 1 is 1.12 bits per heavy atom. The molecule has 42 heavy (non-hydrogen) atoms. The first kappa shape index (κ1) is 28.9. The van der Waals surface area contributed by atoms with E-state index in [0.717, 1.165) is 9.25 Å². The van der Waals surface area contributed by atoms with Crippen LogP contribution in [0.5, 0.6) is 0 Å². The number of ketones is 1. The van der Waals surface area contributed by atoms with Gasteiger partial charge in [-0.2, -0.15) is 18.3 Å². The van der Waals surface area contributed by atoms with Gasteiger partial charge in [0.2, 0.25) is 0 Å². The zero-order chi connectivity index (χ0) is 30.2. The third-order valence-electron chi connectivity index (χ3n) is 6.44. The maximum Gasteiger partial charge on any atom is 0.416 e. The van der Waals surface area contributed by atoms with Gasteiger partial charge in [-0.15, -0.1) is 10.2 Å². The fourth-order valence-corrected chi connectivity index (χ4v) is 4.52. The lowest BCUT2D eigenvalue weighted by Gasteiger charge is -2.15. The molecule has 1 atom stereocenters. The first-order chi connectivity index (χ1) is 19.9. The average Bonchev–Trinajstić information content (AvgIpc) is 3.63. The molecule has 5 rings (SSSR count). The van der Waals surface area contributed by atoms with Crippen LogP contribution in [0.2, 0.25) is 5.02 Å². The standard InChI is InChI=1S/C26H23ClF3N9O3/c1-14-23(15(2)34-33-14)20(40)10-18-19(4-3-9-31-18)39-13-32-22(35-39)12-38-25(42)37(11-21(41)26(28,29)30)24(36-38)16-5-7-17(27)8-6-16/h3-9,13,21,41H,10-12H2,1-2H3,(H,33,34)/t21-/m0/s1. The van der Waals surface area contributed by atoms with Crippen molar-refractivity contribution in [1.29, 1.82) is 0 Å². The second-order valence-electron chi connectivity index (χ2n) is 9.42. The highest BCUT2D eigenvalue weighted by atomic mass is 35.5. The van der Waals surface area contributed by atoms with Crippen molar-refractivity contribution in [3.05, 3.63) is 92.9 Å². The number of hydrogen-bond acceptors (Lipinski definition) is 8. The number of benzene rings is 1. The summed E-state index contributed by atoms with van der Waals surface area (Å²) in [6.07, 6.45) is -4.87. The molecule has 0 amide bonds. The monoisotopic (exact) mass is 601 g/mol. The van der Waals surface area contributed by atoms with Crippen LogP contribution in [0.25, 0.3) is 17.1 Å². The zero-order valence-electron chi connectivity index (χ0n) is 22.2. The number of hydrogen-bond donors (Lipinski definition) is 2. The highest BCUT2D eigenvalue weighted by Gasteiger charge is 2.39. The number of rotatable bonds is 9. The minimum absolute atomic E-state index is 0.0393. The summed E-state index contributed by atoms with van der Waals surface area (Å²) in [5.74, 6) is -0.173. The molecule has 1 aromatic carbocycles. The lowest BCUT2D eigenvalue weighted by molar-refractivity contribution is -0.207. The van der Waals surface area contributed by atoms with E-state index in [0.29, 0.717) is 38.9 Å². The fourth-order valence-electron chi connectivity index (χ4n) is 4.39. The van der Waals surface area contributed by atoms with Crippen molar-refractivity contribution in [2.75, 3.05) is 0 Å². The number of pyridine rings is 1. The van der Waals surface area contributed by atoms with Gasteiger partial charge in [0.05, 0.1) is 35.6 Å². The molecule has 218 valence electrons. The van der Waals surface area contributed by atoms with E-state index in [9.17, 15) is 27.9 Å². The number of carbonyl (C=O) groups excluding carboxylic acids is 1. The zero-order valence-corrected chi connectivity index (χ0v) is 22.9. The number of aliphatic hydroxyl groups is 1. The van der Waals surface area contributed by atoms with Crippen molar-refractivity contribution >= 4 is 17.4 Å². The lowest BCUT2D eigenvalue weighted by Crippen LogP contribution is -2.37. The molecule has 16 heteroatoms. The summed E-state index contributed by atoms with van der Waals surface area (Å²) in [6.45, 7) is 2.13. The van der Waals surface area contributed by atoms with Gasteiger partial charge in [-0.3, -0.25) is 19.4 Å². The van der Waals surface area contributed by atoms with E-state index in [1.54, 1.807) is 32.2 Å². The van der Waals surface area contributed by atoms with Gasteiger partial charge >= 0.3 is 11.9 Å². The van der Waals surface area contributed by atoms with E-state index in [4.69, 9.17) is 11.6 Å². The van der Waals surface area contributed by atoms with Crippen LogP contribution < -0.4 is 5.69 Å². The van der Waals surface area contributed by atoms with Crippen molar-refractivity contribution in [3.63, 3.8) is 0 Å². The Kier molecular flexibility index (Phi) is 7.79. The number of nitrogens with one attached hydrogen (secondary N) is 1.